The maximum Gasteiger partial charge on any atom is 0.263 e. The van der Waals surface area contributed by atoms with E-state index < -0.39 is 0 Å². The molecule has 2 aromatic rings. The molecule has 0 unspecified atom stereocenters. The van der Waals surface area contributed by atoms with Crippen LogP contribution in [0.4, 0.5) is 5.69 Å². The summed E-state index contributed by atoms with van der Waals surface area (Å²) in [6.07, 6.45) is 0. The monoisotopic (exact) mass is 429 g/mol. The van der Waals surface area contributed by atoms with Gasteiger partial charge in [0, 0.05) is 26.2 Å². The first kappa shape index (κ1) is 23.6. The van der Waals surface area contributed by atoms with Gasteiger partial charge in [0.05, 0.1) is 23.6 Å². The van der Waals surface area contributed by atoms with E-state index in [9.17, 15) is 10.1 Å². The number of carbonyl (C=O) groups is 1. The first-order chi connectivity index (χ1) is 14.4. The van der Waals surface area contributed by atoms with Crippen molar-refractivity contribution in [2.24, 2.45) is 0 Å². The van der Waals surface area contributed by atoms with Crippen LogP contribution in [-0.4, -0.2) is 62.7 Å². The fraction of sp³-hybridized carbons (Fsp3) is 0.500. The van der Waals surface area contributed by atoms with Crippen LogP contribution < -0.4 is 15.0 Å². The predicted molar refractivity (Wildman–Crippen MR) is 123 cm³/mol. The van der Waals surface area contributed by atoms with Crippen molar-refractivity contribution in [2.45, 2.75) is 27.7 Å². The standard InChI is InChI=1S/C22H31N5O2S/c1-7-27(8-2)18-11-10-16(19(29-9-3)17(18)14-23)22-25-15(4)20(30-22)21(28)24-12-13-26(5)6/h10-11H,7-9,12-13H2,1-6H3,(H,24,28). The van der Waals surface area contributed by atoms with E-state index in [2.05, 4.69) is 35.1 Å². The molecule has 7 nitrogen and oxygen atoms in total. The molecule has 0 radical (unpaired) electrons. The average molecular weight is 430 g/mol. The Balaban J connectivity index is 2.46. The number of carbonyl (C=O) groups excluding carboxylic acids is 1. The van der Waals surface area contributed by atoms with Crippen LogP contribution in [0.25, 0.3) is 10.6 Å². The van der Waals surface area contributed by atoms with Gasteiger partial charge in [-0.05, 0) is 53.9 Å². The maximum absolute atomic E-state index is 12.6. The molecule has 162 valence electrons. The molecule has 0 aliphatic carbocycles. The van der Waals surface area contributed by atoms with Crippen molar-refractivity contribution in [3.63, 3.8) is 0 Å². The lowest BCUT2D eigenvalue weighted by Gasteiger charge is -2.24. The summed E-state index contributed by atoms with van der Waals surface area (Å²) in [7, 11) is 3.93. The van der Waals surface area contributed by atoms with Crippen molar-refractivity contribution < 1.29 is 9.53 Å². The number of likely N-dealkylation sites (N-methyl/N-ethyl adjacent to an activating group) is 1. The first-order valence-corrected chi connectivity index (χ1v) is 11.0. The van der Waals surface area contributed by atoms with Crippen LogP contribution in [0.2, 0.25) is 0 Å². The number of nitrogens with zero attached hydrogens (tertiary/aromatic N) is 4. The van der Waals surface area contributed by atoms with Crippen LogP contribution >= 0.6 is 11.3 Å². The molecule has 1 aromatic carbocycles. The zero-order valence-electron chi connectivity index (χ0n) is 18.7. The molecule has 1 N–H and O–H groups in total. The third-order valence-electron chi connectivity index (χ3n) is 4.72. The lowest BCUT2D eigenvalue weighted by atomic mass is 10.1. The van der Waals surface area contributed by atoms with Crippen molar-refractivity contribution in [3.05, 3.63) is 28.3 Å². The minimum absolute atomic E-state index is 0.128. The van der Waals surface area contributed by atoms with Gasteiger partial charge in [-0.15, -0.1) is 11.3 Å². The van der Waals surface area contributed by atoms with Crippen LogP contribution in [0, 0.1) is 18.3 Å². The van der Waals surface area contributed by atoms with Crippen molar-refractivity contribution >= 4 is 22.9 Å². The van der Waals surface area contributed by atoms with E-state index in [0.29, 0.717) is 40.0 Å². The summed E-state index contributed by atoms with van der Waals surface area (Å²) >= 11 is 1.32. The van der Waals surface area contributed by atoms with E-state index >= 15 is 0 Å². The molecule has 0 spiro atoms. The number of rotatable bonds is 10. The fourth-order valence-corrected chi connectivity index (χ4v) is 4.17. The summed E-state index contributed by atoms with van der Waals surface area (Å²) in [6, 6.07) is 6.19. The van der Waals surface area contributed by atoms with Gasteiger partial charge in [0.15, 0.2) is 0 Å². The van der Waals surface area contributed by atoms with E-state index in [-0.39, 0.29) is 5.91 Å². The normalized spacial score (nSPS) is 10.7. The molecule has 1 amide bonds. The van der Waals surface area contributed by atoms with Crippen molar-refractivity contribution in [3.8, 4) is 22.4 Å². The lowest BCUT2D eigenvalue weighted by molar-refractivity contribution is 0.0954. The van der Waals surface area contributed by atoms with E-state index in [1.807, 2.05) is 45.0 Å². The summed E-state index contributed by atoms with van der Waals surface area (Å²) in [5.74, 6) is 0.397. The van der Waals surface area contributed by atoms with Gasteiger partial charge in [-0.2, -0.15) is 5.26 Å². The van der Waals surface area contributed by atoms with Gasteiger partial charge in [-0.3, -0.25) is 4.79 Å². The van der Waals surface area contributed by atoms with Crippen LogP contribution in [-0.2, 0) is 0 Å². The summed E-state index contributed by atoms with van der Waals surface area (Å²) < 4.78 is 5.91. The summed E-state index contributed by atoms with van der Waals surface area (Å²) in [6.45, 7) is 11.2. The Bertz CT molecular complexity index is 913. The van der Waals surface area contributed by atoms with Crippen molar-refractivity contribution in [1.29, 1.82) is 5.26 Å². The van der Waals surface area contributed by atoms with Crippen LogP contribution in [0.1, 0.15) is 41.7 Å². The number of aromatic nitrogens is 1. The van der Waals surface area contributed by atoms with Crippen LogP contribution in [0.3, 0.4) is 0 Å². The molecule has 0 bridgehead atoms. The summed E-state index contributed by atoms with van der Waals surface area (Å²) in [5.41, 5.74) is 2.77. The summed E-state index contributed by atoms with van der Waals surface area (Å²) in [4.78, 5) is 21.9. The van der Waals surface area contributed by atoms with Gasteiger partial charge in [0.25, 0.3) is 5.91 Å². The quantitative estimate of drug-likeness (QED) is 0.622. The summed E-state index contributed by atoms with van der Waals surface area (Å²) in [5, 5.41) is 13.5. The van der Waals surface area contributed by atoms with E-state index in [0.717, 1.165) is 30.9 Å². The number of ether oxygens (including phenoxy) is 1. The number of nitrogens with one attached hydrogen (secondary N) is 1. The van der Waals surface area contributed by atoms with Crippen molar-refractivity contribution in [2.75, 3.05) is 51.8 Å². The maximum atomic E-state index is 12.6. The Morgan fingerprint density at radius 1 is 1.27 bits per heavy atom. The van der Waals surface area contributed by atoms with Gasteiger partial charge in [-0.25, -0.2) is 4.98 Å². The lowest BCUT2D eigenvalue weighted by Crippen LogP contribution is -2.31. The molecule has 0 saturated heterocycles. The third kappa shape index (κ3) is 5.29. The Hall–Kier alpha value is -2.63. The second-order valence-electron chi connectivity index (χ2n) is 7.05. The minimum atomic E-state index is -0.128. The van der Waals surface area contributed by atoms with Gasteiger partial charge in [0.2, 0.25) is 0 Å². The molecule has 2 rings (SSSR count). The molecule has 0 saturated carbocycles. The number of anilines is 1. The zero-order chi connectivity index (χ0) is 22.3. The van der Waals surface area contributed by atoms with Crippen molar-refractivity contribution in [1.82, 2.24) is 15.2 Å². The number of aryl methyl sites for hydroxylation is 1. The number of amides is 1. The number of benzene rings is 1. The minimum Gasteiger partial charge on any atom is -0.492 e. The first-order valence-electron chi connectivity index (χ1n) is 10.2. The molecule has 0 aliphatic rings. The predicted octanol–water partition coefficient (Wildman–Crippen LogP) is 3.53. The number of nitriles is 1. The number of hydrogen-bond acceptors (Lipinski definition) is 7. The van der Waals surface area contributed by atoms with E-state index in [4.69, 9.17) is 4.74 Å². The van der Waals surface area contributed by atoms with Crippen LogP contribution in [0.15, 0.2) is 12.1 Å². The molecule has 0 aliphatic heterocycles. The molecule has 0 fully saturated rings. The van der Waals surface area contributed by atoms with Gasteiger partial charge < -0.3 is 19.9 Å². The second-order valence-corrected chi connectivity index (χ2v) is 8.05. The number of hydrogen-bond donors (Lipinski definition) is 1. The highest BCUT2D eigenvalue weighted by molar-refractivity contribution is 7.17. The largest absolute Gasteiger partial charge is 0.492 e. The van der Waals surface area contributed by atoms with Gasteiger partial charge in [0.1, 0.15) is 27.3 Å². The number of thiazole rings is 1. The third-order valence-corrected chi connectivity index (χ3v) is 5.91. The SMILES string of the molecule is CCOc1c(-c2nc(C)c(C(=O)NCCN(C)C)s2)ccc(N(CC)CC)c1C#N. The smallest absolute Gasteiger partial charge is 0.263 e. The van der Waals surface area contributed by atoms with Crippen LogP contribution in [0.5, 0.6) is 5.75 Å². The topological polar surface area (TPSA) is 81.5 Å². The fourth-order valence-electron chi connectivity index (χ4n) is 3.17. The Labute approximate surface area is 183 Å². The highest BCUT2D eigenvalue weighted by Crippen LogP contribution is 2.40. The molecule has 0 atom stereocenters. The van der Waals surface area contributed by atoms with E-state index in [1.165, 1.54) is 11.3 Å². The second kappa shape index (κ2) is 11.0. The average Bonchev–Trinajstić information content (AvgIpc) is 3.10. The Kier molecular flexibility index (Phi) is 8.63. The molecule has 8 heteroatoms. The van der Waals surface area contributed by atoms with E-state index in [1.54, 1.807) is 0 Å². The highest BCUT2D eigenvalue weighted by atomic mass is 32.1. The molecule has 30 heavy (non-hydrogen) atoms. The molecule has 1 aromatic heterocycles. The Morgan fingerprint density at radius 3 is 2.53 bits per heavy atom. The van der Waals surface area contributed by atoms with Gasteiger partial charge >= 0.3 is 0 Å². The molecular weight excluding hydrogens is 398 g/mol. The highest BCUT2D eigenvalue weighted by Gasteiger charge is 2.23. The molecule has 1 heterocycles. The zero-order valence-corrected chi connectivity index (χ0v) is 19.5. The van der Waals surface area contributed by atoms with Gasteiger partial charge in [-0.1, -0.05) is 0 Å². The molecular formula is C22H31N5O2S. The Morgan fingerprint density at radius 2 is 1.97 bits per heavy atom.